The van der Waals surface area contributed by atoms with Crippen LogP contribution in [0.4, 0.5) is 8.78 Å². The molecule has 0 radical (unpaired) electrons. The van der Waals surface area contributed by atoms with Crippen molar-refractivity contribution < 1.29 is 18.0 Å². The van der Waals surface area contributed by atoms with Crippen LogP contribution in [0.25, 0.3) is 22.7 Å². The number of hydrogen-bond donors (Lipinski definition) is 2. The van der Waals surface area contributed by atoms with Crippen LogP contribution in [0, 0.1) is 0 Å². The summed E-state index contributed by atoms with van der Waals surface area (Å²) in [7, 11) is 0. The topological polar surface area (TPSA) is 103 Å². The summed E-state index contributed by atoms with van der Waals surface area (Å²) in [5.41, 5.74) is 7.55. The van der Waals surface area contributed by atoms with Gasteiger partial charge in [0, 0.05) is 5.56 Å². The predicted molar refractivity (Wildman–Crippen MR) is 95.5 cm³/mol. The molecule has 10 heteroatoms. The van der Waals surface area contributed by atoms with E-state index in [1.54, 1.807) is 18.3 Å². The number of ether oxygens (including phenoxy) is 1. The molecule has 1 aliphatic carbocycles. The first-order valence-corrected chi connectivity index (χ1v) is 8.27. The van der Waals surface area contributed by atoms with Crippen molar-refractivity contribution in [2.24, 2.45) is 5.73 Å². The van der Waals surface area contributed by atoms with E-state index in [0.29, 0.717) is 22.6 Å². The van der Waals surface area contributed by atoms with Gasteiger partial charge >= 0.3 is 6.61 Å². The second-order valence-electron chi connectivity index (χ2n) is 6.35. The second kappa shape index (κ2) is 7.61. The van der Waals surface area contributed by atoms with Gasteiger partial charge in [-0.3, -0.25) is 5.10 Å². The van der Waals surface area contributed by atoms with E-state index in [1.165, 1.54) is 12.1 Å². The Kier molecular flexibility index (Phi) is 5.43. The molecule has 0 saturated heterocycles. The van der Waals surface area contributed by atoms with Crippen molar-refractivity contribution in [3.8, 4) is 28.5 Å². The second-order valence-corrected chi connectivity index (χ2v) is 6.35. The Labute approximate surface area is 159 Å². The van der Waals surface area contributed by atoms with E-state index >= 15 is 0 Å². The van der Waals surface area contributed by atoms with E-state index in [1.807, 2.05) is 0 Å². The number of H-pyrrole nitrogens is 1. The fraction of sp³-hybridized carbons (Fsp3) is 0.353. The van der Waals surface area contributed by atoms with Crippen molar-refractivity contribution in [1.29, 1.82) is 0 Å². The molecule has 1 aliphatic rings. The number of alkyl halides is 2. The average Bonchev–Trinajstić information content (AvgIpc) is 3.34. The quantitative estimate of drug-likeness (QED) is 0.677. The molecule has 3 N–H and O–H groups in total. The summed E-state index contributed by atoms with van der Waals surface area (Å²) in [5.74, 6) is 0.809. The predicted octanol–water partition coefficient (Wildman–Crippen LogP) is 3.88. The third-order valence-electron chi connectivity index (χ3n) is 4.58. The summed E-state index contributed by atoms with van der Waals surface area (Å²) < 4.78 is 34.7. The molecule has 2 heterocycles. The Balaban J connectivity index is 0.00000210. The lowest BCUT2D eigenvalue weighted by molar-refractivity contribution is -0.0498. The smallest absolute Gasteiger partial charge is 0.387 e. The van der Waals surface area contributed by atoms with E-state index in [-0.39, 0.29) is 24.0 Å². The molecule has 1 fully saturated rings. The van der Waals surface area contributed by atoms with Gasteiger partial charge in [-0.25, -0.2) is 0 Å². The molecule has 0 aliphatic heterocycles. The summed E-state index contributed by atoms with van der Waals surface area (Å²) in [6, 6.07) is 6.30. The summed E-state index contributed by atoms with van der Waals surface area (Å²) in [4.78, 5) is 4.45. The monoisotopic (exact) mass is 397 g/mol. The first kappa shape index (κ1) is 19.2. The van der Waals surface area contributed by atoms with Gasteiger partial charge in [-0.1, -0.05) is 30.1 Å². The minimum Gasteiger partial charge on any atom is -0.435 e. The van der Waals surface area contributed by atoms with Gasteiger partial charge in [0.15, 0.2) is 5.82 Å². The molecule has 0 amide bonds. The fourth-order valence-electron chi connectivity index (χ4n) is 3.26. The van der Waals surface area contributed by atoms with Crippen molar-refractivity contribution in [3.63, 3.8) is 0 Å². The summed E-state index contributed by atoms with van der Waals surface area (Å²) in [6.07, 6.45) is 5.25. The van der Waals surface area contributed by atoms with Crippen molar-refractivity contribution in [2.45, 2.75) is 37.8 Å². The maximum absolute atomic E-state index is 12.4. The number of aromatic nitrogens is 4. The zero-order valence-electron chi connectivity index (χ0n) is 14.2. The highest BCUT2D eigenvalue weighted by Gasteiger charge is 2.36. The first-order valence-electron chi connectivity index (χ1n) is 8.27. The Morgan fingerprint density at radius 2 is 2.04 bits per heavy atom. The SMILES string of the molecule is Cl.NC1(c2noc(-c3cn[nH]c3-c3cccc(OC(F)F)c3)n2)CCCC1. The molecular weight excluding hydrogens is 380 g/mol. The Morgan fingerprint density at radius 1 is 1.26 bits per heavy atom. The van der Waals surface area contributed by atoms with Crippen LogP contribution in [0.5, 0.6) is 5.75 Å². The third kappa shape index (κ3) is 3.79. The van der Waals surface area contributed by atoms with Gasteiger partial charge in [-0.2, -0.15) is 18.9 Å². The lowest BCUT2D eigenvalue weighted by atomic mass is 9.98. The molecule has 1 saturated carbocycles. The van der Waals surface area contributed by atoms with Gasteiger partial charge < -0.3 is 15.0 Å². The van der Waals surface area contributed by atoms with Crippen molar-refractivity contribution in [2.75, 3.05) is 0 Å². The molecule has 0 unspecified atom stereocenters. The highest BCUT2D eigenvalue weighted by molar-refractivity contribution is 5.85. The minimum atomic E-state index is -2.89. The van der Waals surface area contributed by atoms with E-state index in [4.69, 9.17) is 10.3 Å². The van der Waals surface area contributed by atoms with Gasteiger partial charge in [0.1, 0.15) is 5.75 Å². The van der Waals surface area contributed by atoms with E-state index in [0.717, 1.165) is 25.7 Å². The molecule has 3 aromatic rings. The molecule has 4 rings (SSSR count). The Bertz CT molecular complexity index is 908. The van der Waals surface area contributed by atoms with E-state index in [2.05, 4.69) is 25.1 Å². The van der Waals surface area contributed by atoms with Crippen molar-refractivity contribution >= 4 is 12.4 Å². The Morgan fingerprint density at radius 3 is 2.78 bits per heavy atom. The van der Waals surface area contributed by atoms with Gasteiger partial charge in [0.25, 0.3) is 5.89 Å². The number of nitrogens with zero attached hydrogens (tertiary/aromatic N) is 3. The zero-order chi connectivity index (χ0) is 18.1. The van der Waals surface area contributed by atoms with Crippen LogP contribution < -0.4 is 10.5 Å². The van der Waals surface area contributed by atoms with Crippen LogP contribution >= 0.6 is 12.4 Å². The van der Waals surface area contributed by atoms with E-state index < -0.39 is 12.2 Å². The standard InChI is InChI=1S/C17H17F2N5O2.ClH/c18-16(19)25-11-5-3-4-10(8-11)13-12(9-21-23-13)14-22-15(24-26-14)17(20)6-1-2-7-17;/h3-5,8-9,16H,1-2,6-7,20H2,(H,21,23);1H. The molecule has 7 nitrogen and oxygen atoms in total. The van der Waals surface area contributed by atoms with Gasteiger partial charge in [-0.15, -0.1) is 12.4 Å². The van der Waals surface area contributed by atoms with Crippen LogP contribution in [0.15, 0.2) is 35.0 Å². The molecule has 0 spiro atoms. The molecule has 2 aromatic heterocycles. The number of halogens is 3. The lowest BCUT2D eigenvalue weighted by Crippen LogP contribution is -2.34. The number of rotatable bonds is 5. The van der Waals surface area contributed by atoms with Crippen LogP contribution in [-0.4, -0.2) is 26.9 Å². The number of nitrogens with one attached hydrogen (secondary N) is 1. The largest absolute Gasteiger partial charge is 0.435 e. The normalized spacial score (nSPS) is 15.7. The highest BCUT2D eigenvalue weighted by atomic mass is 35.5. The number of benzene rings is 1. The van der Waals surface area contributed by atoms with Gasteiger partial charge in [-0.05, 0) is 25.0 Å². The maximum atomic E-state index is 12.4. The maximum Gasteiger partial charge on any atom is 0.387 e. The molecule has 0 bridgehead atoms. The van der Waals surface area contributed by atoms with Crippen molar-refractivity contribution in [1.82, 2.24) is 20.3 Å². The summed E-state index contributed by atoms with van der Waals surface area (Å²) in [5, 5.41) is 10.9. The third-order valence-corrected chi connectivity index (χ3v) is 4.58. The minimum absolute atomic E-state index is 0. The molecular formula is C17H18ClF2N5O2. The van der Waals surface area contributed by atoms with Crippen LogP contribution in [-0.2, 0) is 5.54 Å². The summed E-state index contributed by atoms with van der Waals surface area (Å²) >= 11 is 0. The highest BCUT2D eigenvalue weighted by Crippen LogP contribution is 2.37. The van der Waals surface area contributed by atoms with E-state index in [9.17, 15) is 8.78 Å². The van der Waals surface area contributed by atoms with Crippen LogP contribution in [0.2, 0.25) is 0 Å². The molecule has 1 aromatic carbocycles. The summed E-state index contributed by atoms with van der Waals surface area (Å²) in [6.45, 7) is -2.89. The van der Waals surface area contributed by atoms with Gasteiger partial charge in [0.05, 0.1) is 23.0 Å². The van der Waals surface area contributed by atoms with Gasteiger partial charge in [0.2, 0.25) is 0 Å². The average molecular weight is 398 g/mol. The van der Waals surface area contributed by atoms with Crippen LogP contribution in [0.1, 0.15) is 31.5 Å². The lowest BCUT2D eigenvalue weighted by Gasteiger charge is -2.17. The Hall–Kier alpha value is -2.52. The van der Waals surface area contributed by atoms with Crippen molar-refractivity contribution in [3.05, 3.63) is 36.3 Å². The molecule has 27 heavy (non-hydrogen) atoms. The molecule has 144 valence electrons. The number of aromatic amines is 1. The van der Waals surface area contributed by atoms with Crippen LogP contribution in [0.3, 0.4) is 0 Å². The number of nitrogens with two attached hydrogens (primary N) is 1. The molecule has 0 atom stereocenters. The zero-order valence-corrected chi connectivity index (χ0v) is 15.0. The number of hydrogen-bond acceptors (Lipinski definition) is 6. The fourth-order valence-corrected chi connectivity index (χ4v) is 3.26. The first-order chi connectivity index (χ1) is 12.5.